The number of hydrogen-bond donors (Lipinski definition) is 0. The molecule has 0 radical (unpaired) electrons. The van der Waals surface area contributed by atoms with Gasteiger partial charge in [0.25, 0.3) is 0 Å². The summed E-state index contributed by atoms with van der Waals surface area (Å²) in [4.78, 5) is 3.79. The van der Waals surface area contributed by atoms with Gasteiger partial charge in [-0.25, -0.2) is 13.8 Å². The predicted octanol–water partition coefficient (Wildman–Crippen LogP) is 3.52. The number of hydrogen-bond acceptors (Lipinski definition) is 2. The van der Waals surface area contributed by atoms with Gasteiger partial charge in [0.05, 0.1) is 6.20 Å². The fraction of sp³-hybridized carbons (Fsp3) is 0.643. The van der Waals surface area contributed by atoms with Gasteiger partial charge in [-0.15, -0.1) is 0 Å². The lowest BCUT2D eigenvalue weighted by atomic mass is 9.78. The molecule has 1 heterocycles. The standard InChI is InChI=1S/C14H17F2NO/c15-12-3-4-13(17-8-12)18-9-14(16)6-5-10-1-2-11(14)7-10/h3-4,8,10-11H,1-2,5-7,9H2. The molecule has 2 bridgehead atoms. The Morgan fingerprint density at radius 3 is 3.00 bits per heavy atom. The second-order valence-electron chi connectivity index (χ2n) is 5.55. The van der Waals surface area contributed by atoms with Gasteiger partial charge in [-0.1, -0.05) is 6.42 Å². The molecule has 0 spiro atoms. The smallest absolute Gasteiger partial charge is 0.213 e. The molecule has 4 heteroatoms. The molecule has 0 aromatic carbocycles. The van der Waals surface area contributed by atoms with Crippen molar-refractivity contribution in [2.24, 2.45) is 11.8 Å². The lowest BCUT2D eigenvalue weighted by molar-refractivity contribution is -0.000763. The highest BCUT2D eigenvalue weighted by atomic mass is 19.1. The van der Waals surface area contributed by atoms with Crippen molar-refractivity contribution in [2.75, 3.05) is 6.61 Å². The highest BCUT2D eigenvalue weighted by Crippen LogP contribution is 2.49. The van der Waals surface area contributed by atoms with Gasteiger partial charge in [-0.3, -0.25) is 0 Å². The molecule has 2 nitrogen and oxygen atoms in total. The monoisotopic (exact) mass is 253 g/mol. The van der Waals surface area contributed by atoms with E-state index >= 15 is 0 Å². The zero-order valence-corrected chi connectivity index (χ0v) is 10.2. The topological polar surface area (TPSA) is 22.1 Å². The second kappa shape index (κ2) is 4.48. The summed E-state index contributed by atoms with van der Waals surface area (Å²) >= 11 is 0. The molecule has 0 saturated heterocycles. The van der Waals surface area contributed by atoms with E-state index in [0.717, 1.165) is 37.8 Å². The molecule has 2 aliphatic carbocycles. The molecule has 2 fully saturated rings. The van der Waals surface area contributed by atoms with Crippen LogP contribution in [0.5, 0.6) is 5.88 Å². The van der Waals surface area contributed by atoms with Crippen molar-refractivity contribution in [3.05, 3.63) is 24.1 Å². The van der Waals surface area contributed by atoms with E-state index in [4.69, 9.17) is 4.74 Å². The normalized spacial score (nSPS) is 34.6. The molecule has 3 rings (SSSR count). The largest absolute Gasteiger partial charge is 0.474 e. The van der Waals surface area contributed by atoms with Gasteiger partial charge in [0, 0.05) is 6.07 Å². The van der Waals surface area contributed by atoms with Crippen molar-refractivity contribution in [3.8, 4) is 5.88 Å². The van der Waals surface area contributed by atoms with Crippen LogP contribution in [0.1, 0.15) is 32.1 Å². The maximum absolute atomic E-state index is 14.8. The second-order valence-corrected chi connectivity index (χ2v) is 5.55. The third-order valence-corrected chi connectivity index (χ3v) is 4.40. The fourth-order valence-corrected chi connectivity index (χ4v) is 3.29. The summed E-state index contributed by atoms with van der Waals surface area (Å²) in [5, 5.41) is 0. The van der Waals surface area contributed by atoms with Crippen LogP contribution in [0.15, 0.2) is 18.3 Å². The molecular formula is C14H17F2NO. The average Bonchev–Trinajstić information content (AvgIpc) is 2.80. The van der Waals surface area contributed by atoms with E-state index in [-0.39, 0.29) is 12.5 Å². The van der Waals surface area contributed by atoms with Crippen molar-refractivity contribution >= 4 is 0 Å². The number of ether oxygens (including phenoxy) is 1. The Kier molecular flexibility index (Phi) is 2.96. The number of rotatable bonds is 3. The lowest BCUT2D eigenvalue weighted by Gasteiger charge is -2.35. The molecular weight excluding hydrogens is 236 g/mol. The van der Waals surface area contributed by atoms with Crippen molar-refractivity contribution < 1.29 is 13.5 Å². The third-order valence-electron chi connectivity index (χ3n) is 4.40. The molecule has 1 aromatic rings. The molecule has 3 unspecified atom stereocenters. The molecule has 0 N–H and O–H groups in total. The molecule has 0 amide bonds. The van der Waals surface area contributed by atoms with Crippen molar-refractivity contribution in [3.63, 3.8) is 0 Å². The highest BCUT2D eigenvalue weighted by molar-refractivity contribution is 5.11. The Labute approximate surface area is 105 Å². The number of halogens is 2. The Hall–Kier alpha value is -1.19. The van der Waals surface area contributed by atoms with Crippen LogP contribution >= 0.6 is 0 Å². The van der Waals surface area contributed by atoms with E-state index < -0.39 is 11.5 Å². The number of aromatic nitrogens is 1. The molecule has 2 aliphatic rings. The van der Waals surface area contributed by atoms with Crippen molar-refractivity contribution in [1.29, 1.82) is 0 Å². The maximum atomic E-state index is 14.8. The van der Waals surface area contributed by atoms with E-state index in [0.29, 0.717) is 12.3 Å². The summed E-state index contributed by atoms with van der Waals surface area (Å²) in [7, 11) is 0. The van der Waals surface area contributed by atoms with Crippen molar-refractivity contribution in [2.45, 2.75) is 37.8 Å². The minimum Gasteiger partial charge on any atom is -0.474 e. The van der Waals surface area contributed by atoms with Gasteiger partial charge in [0.1, 0.15) is 18.1 Å². The summed E-state index contributed by atoms with van der Waals surface area (Å²) in [6.45, 7) is 0.0447. The van der Waals surface area contributed by atoms with Gasteiger partial charge in [0.2, 0.25) is 5.88 Å². The molecule has 18 heavy (non-hydrogen) atoms. The first-order valence-corrected chi connectivity index (χ1v) is 6.59. The molecule has 0 aliphatic heterocycles. The van der Waals surface area contributed by atoms with E-state index in [1.165, 1.54) is 12.1 Å². The van der Waals surface area contributed by atoms with Crippen LogP contribution in [0.3, 0.4) is 0 Å². The lowest BCUT2D eigenvalue weighted by Crippen LogP contribution is -2.40. The van der Waals surface area contributed by atoms with Gasteiger partial charge in [0.15, 0.2) is 0 Å². The Bertz CT molecular complexity index is 422. The van der Waals surface area contributed by atoms with Gasteiger partial charge >= 0.3 is 0 Å². The van der Waals surface area contributed by atoms with E-state index in [1.54, 1.807) is 0 Å². The Balaban J connectivity index is 1.63. The SMILES string of the molecule is Fc1ccc(OCC2(F)CCC3CCC2C3)nc1. The van der Waals surface area contributed by atoms with Crippen LogP contribution in [-0.4, -0.2) is 17.3 Å². The minimum absolute atomic E-state index is 0.0447. The van der Waals surface area contributed by atoms with Gasteiger partial charge < -0.3 is 4.74 Å². The van der Waals surface area contributed by atoms with Crippen molar-refractivity contribution in [1.82, 2.24) is 4.98 Å². The predicted molar refractivity (Wildman–Crippen MR) is 63.6 cm³/mol. The first-order chi connectivity index (χ1) is 8.66. The van der Waals surface area contributed by atoms with Crippen LogP contribution in [0.2, 0.25) is 0 Å². The van der Waals surface area contributed by atoms with Crippen LogP contribution < -0.4 is 4.74 Å². The van der Waals surface area contributed by atoms with Gasteiger partial charge in [-0.2, -0.15) is 0 Å². The zero-order chi connectivity index (χ0) is 12.6. The van der Waals surface area contributed by atoms with Crippen LogP contribution in [0.4, 0.5) is 8.78 Å². The fourth-order valence-electron chi connectivity index (χ4n) is 3.29. The summed E-state index contributed by atoms with van der Waals surface area (Å²) in [5.41, 5.74) is -1.22. The molecule has 3 atom stereocenters. The summed E-state index contributed by atoms with van der Waals surface area (Å²) in [6, 6.07) is 2.72. The number of fused-ring (bicyclic) bond motifs is 2. The van der Waals surface area contributed by atoms with E-state index in [2.05, 4.69) is 4.98 Å². The number of pyridine rings is 1. The van der Waals surface area contributed by atoms with Gasteiger partial charge in [-0.05, 0) is 43.6 Å². The Morgan fingerprint density at radius 1 is 1.33 bits per heavy atom. The van der Waals surface area contributed by atoms with Crippen LogP contribution in [-0.2, 0) is 0 Å². The summed E-state index contributed by atoms with van der Waals surface area (Å²) < 4.78 is 32.9. The highest BCUT2D eigenvalue weighted by Gasteiger charge is 2.48. The first kappa shape index (κ1) is 11.9. The summed E-state index contributed by atoms with van der Waals surface area (Å²) in [5.74, 6) is 0.752. The third kappa shape index (κ3) is 2.20. The average molecular weight is 253 g/mol. The van der Waals surface area contributed by atoms with Crippen LogP contribution in [0, 0.1) is 17.7 Å². The quantitative estimate of drug-likeness (QED) is 0.822. The van der Waals surface area contributed by atoms with E-state index in [1.807, 2.05) is 0 Å². The van der Waals surface area contributed by atoms with E-state index in [9.17, 15) is 8.78 Å². The first-order valence-electron chi connectivity index (χ1n) is 6.59. The summed E-state index contributed by atoms with van der Waals surface area (Å²) in [6.07, 6.45) is 5.77. The molecule has 1 aromatic heterocycles. The zero-order valence-electron chi connectivity index (χ0n) is 10.2. The minimum atomic E-state index is -1.22. The number of alkyl halides is 1. The molecule has 98 valence electrons. The molecule has 2 saturated carbocycles. The number of nitrogens with zero attached hydrogens (tertiary/aromatic N) is 1. The maximum Gasteiger partial charge on any atom is 0.213 e. The Morgan fingerprint density at radius 2 is 2.22 bits per heavy atom. The van der Waals surface area contributed by atoms with Crippen LogP contribution in [0.25, 0.3) is 0 Å².